The van der Waals surface area contributed by atoms with Gasteiger partial charge in [-0.2, -0.15) is 5.10 Å². The van der Waals surface area contributed by atoms with Crippen molar-refractivity contribution >= 4 is 0 Å². The van der Waals surface area contributed by atoms with E-state index in [0.29, 0.717) is 17.7 Å². The highest BCUT2D eigenvalue weighted by Crippen LogP contribution is 2.21. The summed E-state index contributed by atoms with van der Waals surface area (Å²) in [5.74, 6) is 1.17. The number of ether oxygens (including phenoxy) is 1. The number of pyridine rings is 1. The lowest BCUT2D eigenvalue weighted by molar-refractivity contribution is 0.280. The number of nitrogens with zero attached hydrogens (tertiary/aromatic N) is 3. The predicted octanol–water partition coefficient (Wildman–Crippen LogP) is 2.45. The summed E-state index contributed by atoms with van der Waals surface area (Å²) in [4.78, 5) is 4.27. The van der Waals surface area contributed by atoms with E-state index < -0.39 is 0 Å². The van der Waals surface area contributed by atoms with Crippen LogP contribution in [0.2, 0.25) is 0 Å². The molecule has 0 saturated heterocycles. The molecule has 0 aliphatic heterocycles. The van der Waals surface area contributed by atoms with Crippen molar-refractivity contribution < 1.29 is 9.84 Å². The molecule has 1 N–H and O–H groups in total. The topological polar surface area (TPSA) is 60.2 Å². The van der Waals surface area contributed by atoms with Gasteiger partial charge in [-0.25, -0.2) is 4.98 Å². The van der Waals surface area contributed by atoms with Gasteiger partial charge in [-0.05, 0) is 32.4 Å². The van der Waals surface area contributed by atoms with Crippen molar-refractivity contribution in [1.29, 1.82) is 0 Å². The molecule has 0 amide bonds. The van der Waals surface area contributed by atoms with Crippen LogP contribution in [0.5, 0.6) is 11.6 Å². The minimum absolute atomic E-state index is 0.00953. The average molecular weight is 247 g/mol. The Bertz CT molecular complexity index is 535. The summed E-state index contributed by atoms with van der Waals surface area (Å²) in [5.41, 5.74) is 1.58. The molecule has 2 aromatic heterocycles. The van der Waals surface area contributed by atoms with E-state index in [1.807, 2.05) is 23.9 Å². The lowest BCUT2D eigenvalue weighted by atomic mass is 10.2. The summed E-state index contributed by atoms with van der Waals surface area (Å²) in [6.45, 7) is 5.94. The Morgan fingerprint density at radius 3 is 2.72 bits per heavy atom. The Morgan fingerprint density at radius 1 is 1.39 bits per heavy atom. The van der Waals surface area contributed by atoms with Gasteiger partial charge in [-0.15, -0.1) is 0 Å². The smallest absolute Gasteiger partial charge is 0.219 e. The molecule has 2 rings (SSSR count). The molecule has 0 bridgehead atoms. The number of aromatic nitrogens is 3. The molecule has 96 valence electrons. The van der Waals surface area contributed by atoms with Crippen LogP contribution < -0.4 is 4.74 Å². The van der Waals surface area contributed by atoms with Crippen molar-refractivity contribution in [3.8, 4) is 11.6 Å². The van der Waals surface area contributed by atoms with Crippen LogP contribution in [-0.4, -0.2) is 19.9 Å². The highest BCUT2D eigenvalue weighted by Gasteiger charge is 2.06. The van der Waals surface area contributed by atoms with Gasteiger partial charge in [0, 0.05) is 17.8 Å². The third-order valence-electron chi connectivity index (χ3n) is 2.67. The highest BCUT2D eigenvalue weighted by molar-refractivity contribution is 5.27. The van der Waals surface area contributed by atoms with Crippen LogP contribution in [0, 0.1) is 6.92 Å². The number of aliphatic hydroxyl groups excluding tert-OH is 1. The molecule has 0 unspecified atom stereocenters. The fraction of sp³-hybridized carbons (Fsp3) is 0.385. The summed E-state index contributed by atoms with van der Waals surface area (Å²) in [7, 11) is 0. The molecule has 0 atom stereocenters. The summed E-state index contributed by atoms with van der Waals surface area (Å²) in [6.07, 6.45) is 3.50. The number of hydrogen-bond acceptors (Lipinski definition) is 4. The molecule has 0 aliphatic rings. The molecular formula is C13H17N3O2. The number of hydrogen-bond donors (Lipinski definition) is 1. The molecule has 0 saturated carbocycles. The first kappa shape index (κ1) is 12.6. The Hall–Kier alpha value is -1.88. The van der Waals surface area contributed by atoms with E-state index in [1.165, 1.54) is 0 Å². The molecule has 5 heteroatoms. The summed E-state index contributed by atoms with van der Waals surface area (Å²) < 4.78 is 7.44. The first-order chi connectivity index (χ1) is 8.60. The standard InChI is InChI=1S/C13H17N3O2/c1-9(2)16-7-12(6-14-16)18-13-5-4-11(8-17)10(3)15-13/h4-7,9,17H,8H2,1-3H3. The van der Waals surface area contributed by atoms with E-state index in [4.69, 9.17) is 9.84 Å². The summed E-state index contributed by atoms with van der Waals surface area (Å²) in [5, 5.41) is 13.3. The van der Waals surface area contributed by atoms with Crippen LogP contribution in [-0.2, 0) is 6.61 Å². The van der Waals surface area contributed by atoms with Crippen LogP contribution in [0.15, 0.2) is 24.5 Å². The van der Waals surface area contributed by atoms with Crippen molar-refractivity contribution in [1.82, 2.24) is 14.8 Å². The van der Waals surface area contributed by atoms with E-state index in [1.54, 1.807) is 12.3 Å². The summed E-state index contributed by atoms with van der Waals surface area (Å²) >= 11 is 0. The Kier molecular flexibility index (Phi) is 3.62. The molecular weight excluding hydrogens is 230 g/mol. The maximum absolute atomic E-state index is 9.07. The molecule has 0 radical (unpaired) electrons. The largest absolute Gasteiger partial charge is 0.436 e. The van der Waals surface area contributed by atoms with Crippen LogP contribution in [0.1, 0.15) is 31.1 Å². The highest BCUT2D eigenvalue weighted by atomic mass is 16.5. The third kappa shape index (κ3) is 2.68. The van der Waals surface area contributed by atoms with Gasteiger partial charge >= 0.3 is 0 Å². The zero-order valence-corrected chi connectivity index (χ0v) is 10.8. The maximum atomic E-state index is 9.07. The van der Waals surface area contributed by atoms with Crippen molar-refractivity contribution in [2.24, 2.45) is 0 Å². The number of rotatable bonds is 4. The first-order valence-electron chi connectivity index (χ1n) is 5.89. The van der Waals surface area contributed by atoms with E-state index in [0.717, 1.165) is 11.3 Å². The van der Waals surface area contributed by atoms with Gasteiger partial charge in [0.2, 0.25) is 5.88 Å². The minimum atomic E-state index is -0.00953. The van der Waals surface area contributed by atoms with Gasteiger partial charge in [-0.1, -0.05) is 0 Å². The Morgan fingerprint density at radius 2 is 2.17 bits per heavy atom. The van der Waals surface area contributed by atoms with E-state index in [-0.39, 0.29) is 6.61 Å². The fourth-order valence-electron chi connectivity index (χ4n) is 1.57. The average Bonchev–Trinajstić information content (AvgIpc) is 2.78. The monoisotopic (exact) mass is 247 g/mol. The lowest BCUT2D eigenvalue weighted by Gasteiger charge is -2.06. The minimum Gasteiger partial charge on any atom is -0.436 e. The van der Waals surface area contributed by atoms with Crippen molar-refractivity contribution in [3.05, 3.63) is 35.8 Å². The second kappa shape index (κ2) is 5.18. The van der Waals surface area contributed by atoms with Gasteiger partial charge in [0.25, 0.3) is 0 Å². The normalized spacial score (nSPS) is 10.9. The molecule has 2 aromatic rings. The molecule has 0 aromatic carbocycles. The van der Waals surface area contributed by atoms with Crippen molar-refractivity contribution in [3.63, 3.8) is 0 Å². The Labute approximate surface area is 106 Å². The van der Waals surface area contributed by atoms with Gasteiger partial charge in [0.15, 0.2) is 5.75 Å². The Balaban J connectivity index is 2.15. The van der Waals surface area contributed by atoms with Gasteiger partial charge in [-0.3, -0.25) is 4.68 Å². The van der Waals surface area contributed by atoms with Crippen LogP contribution in [0.3, 0.4) is 0 Å². The van der Waals surface area contributed by atoms with Crippen LogP contribution in [0.25, 0.3) is 0 Å². The van der Waals surface area contributed by atoms with Crippen LogP contribution >= 0.6 is 0 Å². The van der Waals surface area contributed by atoms with Gasteiger partial charge in [0.05, 0.1) is 19.0 Å². The quantitative estimate of drug-likeness (QED) is 0.901. The zero-order chi connectivity index (χ0) is 13.1. The lowest BCUT2D eigenvalue weighted by Crippen LogP contribution is -1.99. The second-order valence-corrected chi connectivity index (χ2v) is 4.40. The molecule has 2 heterocycles. The fourth-order valence-corrected chi connectivity index (χ4v) is 1.57. The molecule has 0 aliphatic carbocycles. The SMILES string of the molecule is Cc1nc(Oc2cnn(C(C)C)c2)ccc1CO. The maximum Gasteiger partial charge on any atom is 0.219 e. The number of aryl methyl sites for hydroxylation is 1. The van der Waals surface area contributed by atoms with Gasteiger partial charge in [0.1, 0.15) is 0 Å². The van der Waals surface area contributed by atoms with Gasteiger partial charge < -0.3 is 9.84 Å². The van der Waals surface area contributed by atoms with E-state index in [2.05, 4.69) is 23.9 Å². The van der Waals surface area contributed by atoms with Crippen molar-refractivity contribution in [2.45, 2.75) is 33.4 Å². The zero-order valence-electron chi connectivity index (χ0n) is 10.8. The molecule has 5 nitrogen and oxygen atoms in total. The third-order valence-corrected chi connectivity index (χ3v) is 2.67. The first-order valence-corrected chi connectivity index (χ1v) is 5.89. The summed E-state index contributed by atoms with van der Waals surface area (Å²) in [6, 6.07) is 3.85. The number of aliphatic hydroxyl groups is 1. The molecule has 0 fully saturated rings. The molecule has 18 heavy (non-hydrogen) atoms. The van der Waals surface area contributed by atoms with E-state index in [9.17, 15) is 0 Å². The predicted molar refractivity (Wildman–Crippen MR) is 67.6 cm³/mol. The van der Waals surface area contributed by atoms with Crippen molar-refractivity contribution in [2.75, 3.05) is 0 Å². The second-order valence-electron chi connectivity index (χ2n) is 4.40. The van der Waals surface area contributed by atoms with Crippen LogP contribution in [0.4, 0.5) is 0 Å². The van der Waals surface area contributed by atoms with E-state index >= 15 is 0 Å². The molecule has 0 spiro atoms.